The molecular weight excluding hydrogens is 220 g/mol. The van der Waals surface area contributed by atoms with Crippen LogP contribution in [0.25, 0.3) is 0 Å². The van der Waals surface area contributed by atoms with E-state index in [1.807, 2.05) is 0 Å². The molecule has 0 aromatic heterocycles. The Morgan fingerprint density at radius 2 is 2.11 bits per heavy atom. The molecule has 1 aromatic rings. The minimum absolute atomic E-state index is 0.168. The van der Waals surface area contributed by atoms with Crippen LogP contribution in [0.15, 0.2) is 24.3 Å². The average Bonchev–Trinajstić information content (AvgIpc) is 2.82. The molecule has 1 aromatic carbocycles. The van der Waals surface area contributed by atoms with Gasteiger partial charge in [-0.15, -0.1) is 0 Å². The normalized spacial score (nSPS) is 27.4. The molecule has 0 bridgehead atoms. The summed E-state index contributed by atoms with van der Waals surface area (Å²) in [5.41, 5.74) is 9.03. The topological polar surface area (TPSA) is 29.3 Å². The van der Waals surface area contributed by atoms with Gasteiger partial charge in [-0.05, 0) is 37.3 Å². The maximum absolute atomic E-state index is 6.18. The van der Waals surface area contributed by atoms with Gasteiger partial charge in [0.2, 0.25) is 0 Å². The summed E-state index contributed by atoms with van der Waals surface area (Å²) < 4.78 is 0. The second-order valence-corrected chi connectivity index (χ2v) is 5.65. The minimum Gasteiger partial charge on any atom is -0.367 e. The molecule has 0 aliphatic heterocycles. The molecule has 2 heteroatoms. The molecule has 0 spiro atoms. The Kier molecular flexibility index (Phi) is 3.96. The van der Waals surface area contributed by atoms with Gasteiger partial charge >= 0.3 is 0 Å². The maximum atomic E-state index is 6.18. The zero-order chi connectivity index (χ0) is 13.2. The molecule has 2 unspecified atom stereocenters. The predicted octanol–water partition coefficient (Wildman–Crippen LogP) is 3.34. The highest BCUT2D eigenvalue weighted by Crippen LogP contribution is 2.43. The number of nitrogens with two attached hydrogens (primary N) is 1. The van der Waals surface area contributed by atoms with Crippen LogP contribution in [0.2, 0.25) is 0 Å². The molecule has 18 heavy (non-hydrogen) atoms. The summed E-state index contributed by atoms with van der Waals surface area (Å²) in [7, 11) is 2.23. The lowest BCUT2D eigenvalue weighted by molar-refractivity contribution is 0.302. The lowest BCUT2D eigenvalue weighted by atomic mass is 9.83. The van der Waals surface area contributed by atoms with Crippen LogP contribution in [0.3, 0.4) is 0 Å². The summed E-state index contributed by atoms with van der Waals surface area (Å²) in [5.74, 6) is 0.729. The van der Waals surface area contributed by atoms with Crippen molar-refractivity contribution in [1.29, 1.82) is 0 Å². The van der Waals surface area contributed by atoms with Gasteiger partial charge in [-0.1, -0.05) is 38.0 Å². The van der Waals surface area contributed by atoms with Crippen molar-refractivity contribution in [3.8, 4) is 0 Å². The van der Waals surface area contributed by atoms with E-state index in [9.17, 15) is 0 Å². The minimum atomic E-state index is 0.168. The van der Waals surface area contributed by atoms with Gasteiger partial charge in [0.15, 0.2) is 0 Å². The fourth-order valence-electron chi connectivity index (χ4n) is 3.74. The van der Waals surface area contributed by atoms with Crippen LogP contribution in [0.1, 0.15) is 38.2 Å². The Hall–Kier alpha value is -1.02. The Bertz CT molecular complexity index is 402. The summed E-state index contributed by atoms with van der Waals surface area (Å²) in [4.78, 5) is 2.46. The van der Waals surface area contributed by atoms with Crippen molar-refractivity contribution in [2.75, 3.05) is 18.5 Å². The third kappa shape index (κ3) is 2.03. The highest BCUT2D eigenvalue weighted by atomic mass is 15.2. The molecule has 0 amide bonds. The van der Waals surface area contributed by atoms with Gasteiger partial charge in [-0.2, -0.15) is 0 Å². The van der Waals surface area contributed by atoms with Crippen molar-refractivity contribution in [3.05, 3.63) is 29.8 Å². The van der Waals surface area contributed by atoms with Gasteiger partial charge < -0.3 is 10.6 Å². The van der Waals surface area contributed by atoms with E-state index in [1.54, 1.807) is 0 Å². The van der Waals surface area contributed by atoms with Crippen LogP contribution >= 0.6 is 0 Å². The van der Waals surface area contributed by atoms with E-state index in [0.29, 0.717) is 0 Å². The molecule has 0 saturated heterocycles. The number of benzene rings is 1. The van der Waals surface area contributed by atoms with Crippen molar-refractivity contribution < 1.29 is 0 Å². The smallest absolute Gasteiger partial charge is 0.0549 e. The second-order valence-electron chi connectivity index (χ2n) is 5.65. The fraction of sp³-hybridized carbons (Fsp3) is 0.625. The number of likely N-dealkylation sites (N-methyl/N-ethyl adjacent to an activating group) is 1. The van der Waals surface area contributed by atoms with Gasteiger partial charge in [0, 0.05) is 19.3 Å². The van der Waals surface area contributed by atoms with E-state index in [1.165, 1.54) is 36.9 Å². The monoisotopic (exact) mass is 246 g/mol. The molecule has 2 atom stereocenters. The van der Waals surface area contributed by atoms with Gasteiger partial charge in [0.25, 0.3) is 0 Å². The highest BCUT2D eigenvalue weighted by Gasteiger charge is 2.44. The highest BCUT2D eigenvalue weighted by molar-refractivity contribution is 5.55. The van der Waals surface area contributed by atoms with Gasteiger partial charge in [-0.3, -0.25) is 0 Å². The first-order valence-electron chi connectivity index (χ1n) is 7.15. The lowest BCUT2D eigenvalue weighted by Crippen LogP contribution is -2.55. The third-order valence-electron chi connectivity index (χ3n) is 4.91. The zero-order valence-electron chi connectivity index (χ0n) is 11.9. The average molecular weight is 246 g/mol. The Balaban J connectivity index is 2.36. The quantitative estimate of drug-likeness (QED) is 0.883. The largest absolute Gasteiger partial charge is 0.367 e. The van der Waals surface area contributed by atoms with Crippen molar-refractivity contribution in [1.82, 2.24) is 0 Å². The first-order valence-corrected chi connectivity index (χ1v) is 7.15. The Morgan fingerprint density at radius 3 is 2.72 bits per heavy atom. The fourth-order valence-corrected chi connectivity index (χ4v) is 3.74. The molecule has 0 radical (unpaired) electrons. The van der Waals surface area contributed by atoms with E-state index in [-0.39, 0.29) is 5.54 Å². The van der Waals surface area contributed by atoms with Crippen LogP contribution in [0, 0.1) is 12.8 Å². The van der Waals surface area contributed by atoms with Crippen molar-refractivity contribution in [3.63, 3.8) is 0 Å². The van der Waals surface area contributed by atoms with Crippen LogP contribution in [0.5, 0.6) is 0 Å². The van der Waals surface area contributed by atoms with Crippen LogP contribution in [-0.2, 0) is 0 Å². The van der Waals surface area contributed by atoms with Crippen LogP contribution in [-0.4, -0.2) is 19.1 Å². The molecule has 1 aliphatic rings. The van der Waals surface area contributed by atoms with E-state index in [0.717, 1.165) is 12.5 Å². The van der Waals surface area contributed by atoms with Gasteiger partial charge in [0.1, 0.15) is 0 Å². The zero-order valence-corrected chi connectivity index (χ0v) is 11.9. The summed E-state index contributed by atoms with van der Waals surface area (Å²) in [6.45, 7) is 5.24. The summed E-state index contributed by atoms with van der Waals surface area (Å²) in [6, 6.07) is 8.64. The van der Waals surface area contributed by atoms with Gasteiger partial charge in [-0.25, -0.2) is 0 Å². The predicted molar refractivity (Wildman–Crippen MR) is 79.0 cm³/mol. The van der Waals surface area contributed by atoms with Crippen molar-refractivity contribution in [2.24, 2.45) is 11.7 Å². The number of nitrogens with zero attached hydrogens (tertiary/aromatic N) is 1. The first kappa shape index (κ1) is 13.4. The SMILES string of the molecule is CCC1CCCC1(CN)N(C)c1ccccc1C. The van der Waals surface area contributed by atoms with Crippen molar-refractivity contribution in [2.45, 2.75) is 45.1 Å². The molecule has 2 nitrogen and oxygen atoms in total. The maximum Gasteiger partial charge on any atom is 0.0549 e. The first-order chi connectivity index (χ1) is 8.65. The molecule has 1 saturated carbocycles. The third-order valence-corrected chi connectivity index (χ3v) is 4.91. The van der Waals surface area contributed by atoms with Crippen LogP contribution < -0.4 is 10.6 Å². The summed E-state index contributed by atoms with van der Waals surface area (Å²) in [6.07, 6.45) is 5.09. The van der Waals surface area contributed by atoms with Crippen molar-refractivity contribution >= 4 is 5.69 Å². The molecule has 100 valence electrons. The van der Waals surface area contributed by atoms with E-state index >= 15 is 0 Å². The Morgan fingerprint density at radius 1 is 1.39 bits per heavy atom. The molecular formula is C16H26N2. The van der Waals surface area contributed by atoms with E-state index < -0.39 is 0 Å². The number of hydrogen-bond donors (Lipinski definition) is 1. The number of para-hydroxylation sites is 1. The summed E-state index contributed by atoms with van der Waals surface area (Å²) in [5, 5.41) is 0. The Labute approximate surface area is 111 Å². The number of hydrogen-bond acceptors (Lipinski definition) is 2. The molecule has 2 rings (SSSR count). The lowest BCUT2D eigenvalue weighted by Gasteiger charge is -2.44. The van der Waals surface area contributed by atoms with Gasteiger partial charge in [0.05, 0.1) is 5.54 Å². The number of aryl methyl sites for hydroxylation is 1. The second kappa shape index (κ2) is 5.31. The number of anilines is 1. The van der Waals surface area contributed by atoms with E-state index in [4.69, 9.17) is 5.73 Å². The molecule has 1 fully saturated rings. The summed E-state index contributed by atoms with van der Waals surface area (Å²) >= 11 is 0. The molecule has 0 heterocycles. The van der Waals surface area contributed by atoms with E-state index in [2.05, 4.69) is 50.1 Å². The number of rotatable bonds is 4. The standard InChI is InChI=1S/C16H26N2/c1-4-14-9-7-11-16(14,12-17)18(3)15-10-6-5-8-13(15)2/h5-6,8,10,14H,4,7,9,11-12,17H2,1-3H3. The van der Waals surface area contributed by atoms with Crippen LogP contribution in [0.4, 0.5) is 5.69 Å². The molecule has 1 aliphatic carbocycles. The molecule has 2 N–H and O–H groups in total.